The van der Waals surface area contributed by atoms with E-state index in [1.807, 2.05) is 0 Å². The molecule has 1 fully saturated rings. The Balaban J connectivity index is 2.11. The lowest BCUT2D eigenvalue weighted by Crippen LogP contribution is -2.50. The van der Waals surface area contributed by atoms with E-state index in [4.69, 9.17) is 10.5 Å². The minimum absolute atomic E-state index is 0.228. The van der Waals surface area contributed by atoms with Crippen molar-refractivity contribution < 1.29 is 4.74 Å². The van der Waals surface area contributed by atoms with Gasteiger partial charge < -0.3 is 10.5 Å². The van der Waals surface area contributed by atoms with Gasteiger partial charge in [-0.15, -0.1) is 0 Å². The van der Waals surface area contributed by atoms with Crippen LogP contribution in [0.3, 0.4) is 0 Å². The summed E-state index contributed by atoms with van der Waals surface area (Å²) in [5, 5.41) is 0. The molecular formula is C14H30N2O. The number of rotatable bonds is 8. The van der Waals surface area contributed by atoms with Gasteiger partial charge in [-0.3, -0.25) is 4.90 Å². The first-order valence-electron chi connectivity index (χ1n) is 7.37. The fourth-order valence-electron chi connectivity index (χ4n) is 2.45. The Hall–Kier alpha value is -0.120. The lowest BCUT2D eigenvalue weighted by atomic mass is 10.0. The molecule has 1 heterocycles. The molecule has 1 aliphatic heterocycles. The van der Waals surface area contributed by atoms with E-state index in [9.17, 15) is 0 Å². The topological polar surface area (TPSA) is 38.5 Å². The summed E-state index contributed by atoms with van der Waals surface area (Å²) < 4.78 is 5.78. The highest BCUT2D eigenvalue weighted by molar-refractivity contribution is 4.80. The van der Waals surface area contributed by atoms with Crippen LogP contribution in [0.5, 0.6) is 0 Å². The minimum atomic E-state index is 0.228. The van der Waals surface area contributed by atoms with Crippen LogP contribution in [-0.2, 0) is 4.74 Å². The van der Waals surface area contributed by atoms with Crippen LogP contribution in [0.1, 0.15) is 52.4 Å². The van der Waals surface area contributed by atoms with Crippen molar-refractivity contribution in [3.63, 3.8) is 0 Å². The number of hydrogen-bond donors (Lipinski definition) is 1. The summed E-state index contributed by atoms with van der Waals surface area (Å²) in [5.41, 5.74) is 6.23. The van der Waals surface area contributed by atoms with E-state index in [-0.39, 0.29) is 12.1 Å². The van der Waals surface area contributed by atoms with Gasteiger partial charge in [-0.25, -0.2) is 0 Å². The molecule has 102 valence electrons. The number of likely N-dealkylation sites (N-methyl/N-ethyl adjacent to an activating group) is 1. The van der Waals surface area contributed by atoms with Gasteiger partial charge in [0.15, 0.2) is 0 Å². The number of nitrogens with zero attached hydrogens (tertiary/aromatic N) is 1. The molecule has 0 aromatic carbocycles. The van der Waals surface area contributed by atoms with Gasteiger partial charge in [0.25, 0.3) is 0 Å². The molecule has 1 saturated heterocycles. The number of ether oxygens (including phenoxy) is 1. The number of unbranched alkanes of at least 4 members (excludes halogenated alkanes) is 4. The second-order valence-electron chi connectivity index (χ2n) is 5.17. The fourth-order valence-corrected chi connectivity index (χ4v) is 2.45. The van der Waals surface area contributed by atoms with Gasteiger partial charge in [-0.1, -0.05) is 46.0 Å². The first-order valence-corrected chi connectivity index (χ1v) is 7.37. The summed E-state index contributed by atoms with van der Waals surface area (Å²) in [5.74, 6) is 0. The minimum Gasteiger partial charge on any atom is -0.374 e. The second-order valence-corrected chi connectivity index (χ2v) is 5.17. The number of morpholine rings is 1. The summed E-state index contributed by atoms with van der Waals surface area (Å²) >= 11 is 0. The van der Waals surface area contributed by atoms with Crippen molar-refractivity contribution >= 4 is 0 Å². The quantitative estimate of drug-likeness (QED) is 0.664. The van der Waals surface area contributed by atoms with Crippen LogP contribution >= 0.6 is 0 Å². The summed E-state index contributed by atoms with van der Waals surface area (Å²) in [6.07, 6.45) is 7.98. The van der Waals surface area contributed by atoms with E-state index < -0.39 is 0 Å². The van der Waals surface area contributed by atoms with Crippen molar-refractivity contribution in [2.45, 2.75) is 64.5 Å². The Morgan fingerprint density at radius 1 is 1.24 bits per heavy atom. The highest BCUT2D eigenvalue weighted by Gasteiger charge is 2.24. The smallest absolute Gasteiger partial charge is 0.0853 e. The average Bonchev–Trinajstić information content (AvgIpc) is 2.38. The molecule has 0 radical (unpaired) electrons. The Bertz CT molecular complexity index is 187. The van der Waals surface area contributed by atoms with E-state index in [0.29, 0.717) is 0 Å². The van der Waals surface area contributed by atoms with Gasteiger partial charge in [0.1, 0.15) is 0 Å². The van der Waals surface area contributed by atoms with Crippen molar-refractivity contribution in [1.82, 2.24) is 4.90 Å². The van der Waals surface area contributed by atoms with Crippen LogP contribution in [0.4, 0.5) is 0 Å². The van der Waals surface area contributed by atoms with Gasteiger partial charge >= 0.3 is 0 Å². The SMILES string of the molecule is CCCCCCCC(N)C1CN(CC)CCO1. The summed E-state index contributed by atoms with van der Waals surface area (Å²) in [7, 11) is 0. The number of hydrogen-bond acceptors (Lipinski definition) is 3. The largest absolute Gasteiger partial charge is 0.374 e. The van der Waals surface area contributed by atoms with E-state index in [1.165, 1.54) is 32.1 Å². The first kappa shape index (κ1) is 14.9. The first-order chi connectivity index (χ1) is 8.27. The van der Waals surface area contributed by atoms with E-state index in [1.54, 1.807) is 0 Å². The van der Waals surface area contributed by atoms with Crippen molar-refractivity contribution in [1.29, 1.82) is 0 Å². The van der Waals surface area contributed by atoms with Gasteiger partial charge in [-0.2, -0.15) is 0 Å². The molecule has 2 atom stereocenters. The molecule has 0 aliphatic carbocycles. The summed E-state index contributed by atoms with van der Waals surface area (Å²) in [4.78, 5) is 2.44. The van der Waals surface area contributed by atoms with E-state index in [2.05, 4.69) is 18.7 Å². The Morgan fingerprint density at radius 2 is 2.00 bits per heavy atom. The third-order valence-corrected chi connectivity index (χ3v) is 3.74. The van der Waals surface area contributed by atoms with Crippen LogP contribution < -0.4 is 5.73 Å². The predicted molar refractivity (Wildman–Crippen MR) is 73.2 cm³/mol. The molecule has 3 heteroatoms. The van der Waals surface area contributed by atoms with Crippen LogP contribution in [0.2, 0.25) is 0 Å². The average molecular weight is 242 g/mol. The highest BCUT2D eigenvalue weighted by atomic mass is 16.5. The Labute approximate surface area is 107 Å². The van der Waals surface area contributed by atoms with E-state index >= 15 is 0 Å². The lowest BCUT2D eigenvalue weighted by molar-refractivity contribution is -0.0401. The van der Waals surface area contributed by atoms with Gasteiger partial charge in [0.2, 0.25) is 0 Å². The van der Waals surface area contributed by atoms with Crippen LogP contribution in [0.15, 0.2) is 0 Å². The van der Waals surface area contributed by atoms with Crippen molar-refractivity contribution in [3.05, 3.63) is 0 Å². The zero-order valence-corrected chi connectivity index (χ0v) is 11.7. The molecule has 17 heavy (non-hydrogen) atoms. The van der Waals surface area contributed by atoms with Gasteiger partial charge in [0.05, 0.1) is 12.7 Å². The summed E-state index contributed by atoms with van der Waals surface area (Å²) in [6, 6.07) is 0.228. The van der Waals surface area contributed by atoms with Crippen LogP contribution in [-0.4, -0.2) is 43.3 Å². The van der Waals surface area contributed by atoms with Crippen molar-refractivity contribution in [2.75, 3.05) is 26.2 Å². The maximum Gasteiger partial charge on any atom is 0.0853 e. The zero-order chi connectivity index (χ0) is 12.5. The Kier molecular flexibility index (Phi) is 7.82. The molecule has 0 bridgehead atoms. The summed E-state index contributed by atoms with van der Waals surface area (Å²) in [6.45, 7) is 8.51. The molecule has 2 unspecified atom stereocenters. The molecule has 0 amide bonds. The van der Waals surface area contributed by atoms with Gasteiger partial charge in [-0.05, 0) is 13.0 Å². The molecule has 3 nitrogen and oxygen atoms in total. The molecule has 1 aliphatic rings. The standard InChI is InChI=1S/C14H30N2O/c1-3-5-6-7-8-9-13(15)14-12-16(4-2)10-11-17-14/h13-14H,3-12,15H2,1-2H3. The van der Waals surface area contributed by atoms with E-state index in [0.717, 1.165) is 32.7 Å². The predicted octanol–water partition coefficient (Wildman–Crippen LogP) is 2.39. The molecular weight excluding hydrogens is 212 g/mol. The molecule has 0 saturated carbocycles. The molecule has 0 aromatic rings. The molecule has 2 N–H and O–H groups in total. The number of nitrogens with two attached hydrogens (primary N) is 1. The molecule has 0 aromatic heterocycles. The normalized spacial score (nSPS) is 23.8. The Morgan fingerprint density at radius 3 is 2.71 bits per heavy atom. The zero-order valence-electron chi connectivity index (χ0n) is 11.7. The van der Waals surface area contributed by atoms with Crippen molar-refractivity contribution in [3.8, 4) is 0 Å². The third-order valence-electron chi connectivity index (χ3n) is 3.74. The van der Waals surface area contributed by atoms with Crippen LogP contribution in [0, 0.1) is 0 Å². The highest BCUT2D eigenvalue weighted by Crippen LogP contribution is 2.13. The molecule has 0 spiro atoms. The fraction of sp³-hybridized carbons (Fsp3) is 1.00. The monoisotopic (exact) mass is 242 g/mol. The van der Waals surface area contributed by atoms with Crippen LogP contribution in [0.25, 0.3) is 0 Å². The maximum atomic E-state index is 6.23. The third kappa shape index (κ3) is 5.84. The molecule has 1 rings (SSSR count). The van der Waals surface area contributed by atoms with Crippen molar-refractivity contribution in [2.24, 2.45) is 5.73 Å². The second kappa shape index (κ2) is 8.90. The lowest BCUT2D eigenvalue weighted by Gasteiger charge is -2.35. The van der Waals surface area contributed by atoms with Gasteiger partial charge in [0, 0.05) is 19.1 Å². The maximum absolute atomic E-state index is 6.23.